The Hall–Kier alpha value is -1.72. The summed E-state index contributed by atoms with van der Waals surface area (Å²) in [6, 6.07) is 7.24. The molecule has 0 bridgehead atoms. The molecule has 1 N–H and O–H groups in total. The van der Waals surface area contributed by atoms with Gasteiger partial charge in [-0.15, -0.1) is 10.2 Å². The third kappa shape index (κ3) is 3.65. The van der Waals surface area contributed by atoms with Crippen LogP contribution in [0.4, 0.5) is 5.13 Å². The molecule has 0 fully saturated rings. The van der Waals surface area contributed by atoms with Gasteiger partial charge >= 0.3 is 0 Å². The lowest BCUT2D eigenvalue weighted by molar-refractivity contribution is -0.111. The fourth-order valence-electron chi connectivity index (χ4n) is 1.16. The molecule has 0 spiro atoms. The number of nitrogens with one attached hydrogen (secondary N) is 1. The molecule has 1 aromatic carbocycles. The first-order valence-electron chi connectivity index (χ1n) is 4.75. The molecule has 2 rings (SSSR count). The van der Waals surface area contributed by atoms with Gasteiger partial charge in [-0.05, 0) is 23.8 Å². The van der Waals surface area contributed by atoms with Crippen LogP contribution in [0.2, 0.25) is 5.02 Å². The molecular weight excluding hydrogens is 258 g/mol. The molecule has 0 saturated carbocycles. The van der Waals surface area contributed by atoms with Crippen LogP contribution >= 0.6 is 22.9 Å². The Kier molecular flexibility index (Phi) is 3.85. The van der Waals surface area contributed by atoms with Crippen LogP contribution in [0.25, 0.3) is 6.08 Å². The summed E-state index contributed by atoms with van der Waals surface area (Å²) in [6.45, 7) is 0. The molecule has 4 nitrogen and oxygen atoms in total. The zero-order valence-electron chi connectivity index (χ0n) is 8.63. The molecule has 0 aliphatic rings. The predicted molar refractivity (Wildman–Crippen MR) is 69.0 cm³/mol. The maximum atomic E-state index is 11.5. The number of halogens is 1. The number of hydrogen-bond donors (Lipinski definition) is 1. The van der Waals surface area contributed by atoms with Crippen molar-refractivity contribution in [2.45, 2.75) is 0 Å². The summed E-state index contributed by atoms with van der Waals surface area (Å²) in [5, 5.41) is 11.0. The van der Waals surface area contributed by atoms with E-state index in [1.54, 1.807) is 23.7 Å². The van der Waals surface area contributed by atoms with E-state index in [-0.39, 0.29) is 5.91 Å². The molecule has 6 heteroatoms. The fourth-order valence-corrected chi connectivity index (χ4v) is 1.80. The Bertz CT molecular complexity index is 539. The van der Waals surface area contributed by atoms with Crippen LogP contribution in [0.5, 0.6) is 0 Å². The third-order valence-electron chi connectivity index (χ3n) is 1.87. The quantitative estimate of drug-likeness (QED) is 0.869. The van der Waals surface area contributed by atoms with Crippen LogP contribution in [0.15, 0.2) is 35.9 Å². The first-order valence-corrected chi connectivity index (χ1v) is 6.00. The zero-order valence-corrected chi connectivity index (χ0v) is 10.2. The molecule has 2 aromatic rings. The predicted octanol–water partition coefficient (Wildman–Crippen LogP) is 2.84. The second-order valence-corrected chi connectivity index (χ2v) is 4.39. The summed E-state index contributed by atoms with van der Waals surface area (Å²) in [4.78, 5) is 11.5. The van der Waals surface area contributed by atoms with E-state index >= 15 is 0 Å². The number of aromatic nitrogens is 2. The number of rotatable bonds is 3. The molecule has 1 aromatic heterocycles. The van der Waals surface area contributed by atoms with E-state index in [4.69, 9.17) is 11.6 Å². The number of benzene rings is 1. The van der Waals surface area contributed by atoms with Gasteiger partial charge in [0.2, 0.25) is 11.0 Å². The molecule has 0 saturated heterocycles. The average Bonchev–Trinajstić information content (AvgIpc) is 2.79. The van der Waals surface area contributed by atoms with Gasteiger partial charge in [-0.1, -0.05) is 35.1 Å². The summed E-state index contributed by atoms with van der Waals surface area (Å²) in [6.07, 6.45) is 3.11. The molecule has 17 heavy (non-hydrogen) atoms. The van der Waals surface area contributed by atoms with Crippen LogP contribution in [0.1, 0.15) is 5.56 Å². The second kappa shape index (κ2) is 5.56. The minimum Gasteiger partial charge on any atom is -0.297 e. The van der Waals surface area contributed by atoms with Gasteiger partial charge in [-0.3, -0.25) is 10.1 Å². The number of nitrogens with zero attached hydrogens (tertiary/aromatic N) is 2. The summed E-state index contributed by atoms with van der Waals surface area (Å²) in [5.74, 6) is -0.248. The van der Waals surface area contributed by atoms with Gasteiger partial charge in [-0.25, -0.2) is 0 Å². The van der Waals surface area contributed by atoms with E-state index in [0.717, 1.165) is 5.56 Å². The third-order valence-corrected chi connectivity index (χ3v) is 2.71. The number of hydrogen-bond acceptors (Lipinski definition) is 4. The van der Waals surface area contributed by atoms with Crippen molar-refractivity contribution in [1.82, 2.24) is 10.2 Å². The number of anilines is 1. The summed E-state index contributed by atoms with van der Waals surface area (Å²) in [7, 11) is 0. The van der Waals surface area contributed by atoms with Gasteiger partial charge in [0.05, 0.1) is 0 Å². The first-order chi connectivity index (χ1) is 8.24. The van der Waals surface area contributed by atoms with Gasteiger partial charge in [0.15, 0.2) is 0 Å². The van der Waals surface area contributed by atoms with Crippen LogP contribution in [0.3, 0.4) is 0 Å². The fraction of sp³-hybridized carbons (Fsp3) is 0. The van der Waals surface area contributed by atoms with E-state index in [9.17, 15) is 4.79 Å². The van der Waals surface area contributed by atoms with Gasteiger partial charge in [0, 0.05) is 11.1 Å². The standard InChI is InChI=1S/C11H8ClN3OS/c12-9-3-1-2-8(6-9)4-5-10(16)14-11-15-13-7-17-11/h1-7H,(H,14,15,16)/b5-4+. The molecule has 0 aliphatic heterocycles. The largest absolute Gasteiger partial charge is 0.297 e. The Morgan fingerprint density at radius 3 is 3.06 bits per heavy atom. The maximum absolute atomic E-state index is 11.5. The minimum absolute atomic E-state index is 0.248. The molecule has 0 unspecified atom stereocenters. The highest BCUT2D eigenvalue weighted by Gasteiger charge is 1.99. The molecule has 0 radical (unpaired) electrons. The molecule has 86 valence electrons. The van der Waals surface area contributed by atoms with E-state index in [0.29, 0.717) is 10.2 Å². The van der Waals surface area contributed by atoms with E-state index in [1.165, 1.54) is 17.4 Å². The summed E-state index contributed by atoms with van der Waals surface area (Å²) >= 11 is 7.09. The second-order valence-electron chi connectivity index (χ2n) is 3.12. The van der Waals surface area contributed by atoms with E-state index in [1.807, 2.05) is 12.1 Å². The Balaban J connectivity index is 1.99. The topological polar surface area (TPSA) is 54.9 Å². The number of amides is 1. The van der Waals surface area contributed by atoms with Crippen LogP contribution < -0.4 is 5.32 Å². The van der Waals surface area contributed by atoms with Crippen molar-refractivity contribution in [2.24, 2.45) is 0 Å². The molecule has 0 aliphatic carbocycles. The van der Waals surface area contributed by atoms with Crippen molar-refractivity contribution in [3.05, 3.63) is 46.4 Å². The van der Waals surface area contributed by atoms with Gasteiger partial charge < -0.3 is 0 Å². The van der Waals surface area contributed by atoms with Crippen molar-refractivity contribution >= 4 is 40.1 Å². The molecule has 0 atom stereocenters. The monoisotopic (exact) mass is 265 g/mol. The van der Waals surface area contributed by atoms with E-state index in [2.05, 4.69) is 15.5 Å². The summed E-state index contributed by atoms with van der Waals surface area (Å²) in [5.41, 5.74) is 2.42. The lowest BCUT2D eigenvalue weighted by atomic mass is 10.2. The van der Waals surface area contributed by atoms with Crippen molar-refractivity contribution in [3.8, 4) is 0 Å². The van der Waals surface area contributed by atoms with Gasteiger partial charge in [0.1, 0.15) is 5.51 Å². The van der Waals surface area contributed by atoms with Crippen LogP contribution in [0, 0.1) is 0 Å². The number of carbonyl (C=O) groups excluding carboxylic acids is 1. The Morgan fingerprint density at radius 1 is 1.47 bits per heavy atom. The SMILES string of the molecule is O=C(/C=C/c1cccc(Cl)c1)Nc1nncs1. The van der Waals surface area contributed by atoms with Crippen LogP contribution in [-0.2, 0) is 4.79 Å². The smallest absolute Gasteiger partial charge is 0.250 e. The normalized spacial score (nSPS) is 10.6. The highest BCUT2D eigenvalue weighted by atomic mass is 35.5. The van der Waals surface area contributed by atoms with Crippen molar-refractivity contribution < 1.29 is 4.79 Å². The highest BCUT2D eigenvalue weighted by Crippen LogP contribution is 2.12. The lowest BCUT2D eigenvalue weighted by Crippen LogP contribution is -2.07. The molecule has 1 amide bonds. The summed E-state index contributed by atoms with van der Waals surface area (Å²) < 4.78 is 0. The average molecular weight is 266 g/mol. The van der Waals surface area contributed by atoms with Gasteiger partial charge in [-0.2, -0.15) is 0 Å². The Labute approximate surface area is 107 Å². The Morgan fingerprint density at radius 2 is 2.35 bits per heavy atom. The lowest BCUT2D eigenvalue weighted by Gasteiger charge is -1.95. The maximum Gasteiger partial charge on any atom is 0.250 e. The van der Waals surface area contributed by atoms with Crippen molar-refractivity contribution in [3.63, 3.8) is 0 Å². The highest BCUT2D eigenvalue weighted by molar-refractivity contribution is 7.13. The minimum atomic E-state index is -0.248. The van der Waals surface area contributed by atoms with Crippen molar-refractivity contribution in [2.75, 3.05) is 5.32 Å². The first kappa shape index (κ1) is 11.8. The van der Waals surface area contributed by atoms with Crippen LogP contribution in [-0.4, -0.2) is 16.1 Å². The molecule has 1 heterocycles. The van der Waals surface area contributed by atoms with Gasteiger partial charge in [0.25, 0.3) is 0 Å². The zero-order chi connectivity index (χ0) is 12.1. The van der Waals surface area contributed by atoms with Crippen molar-refractivity contribution in [1.29, 1.82) is 0 Å². The van der Waals surface area contributed by atoms with E-state index < -0.39 is 0 Å². The molecular formula is C11H8ClN3OS. The number of carbonyl (C=O) groups is 1.